The first-order chi connectivity index (χ1) is 9.56. The molecule has 0 bridgehead atoms. The van der Waals surface area contributed by atoms with E-state index in [0.29, 0.717) is 36.8 Å². The minimum atomic E-state index is -0.224. The van der Waals surface area contributed by atoms with Gasteiger partial charge in [0.25, 0.3) is 5.91 Å². The van der Waals surface area contributed by atoms with E-state index in [0.717, 1.165) is 6.54 Å². The lowest BCUT2D eigenvalue weighted by Gasteiger charge is -2.12. The summed E-state index contributed by atoms with van der Waals surface area (Å²) in [5.41, 5.74) is 6.62. The van der Waals surface area contributed by atoms with Crippen molar-refractivity contribution < 1.29 is 14.3 Å². The van der Waals surface area contributed by atoms with Gasteiger partial charge in [0.05, 0.1) is 31.6 Å². The SMILES string of the molecule is COc1cccc(C(=O)NCCOCCN(C)C)c1N. The van der Waals surface area contributed by atoms with E-state index in [1.54, 1.807) is 18.2 Å². The molecule has 6 nitrogen and oxygen atoms in total. The molecule has 0 radical (unpaired) electrons. The molecule has 0 aliphatic rings. The third-order valence-electron chi connectivity index (χ3n) is 2.75. The van der Waals surface area contributed by atoms with E-state index in [4.69, 9.17) is 15.2 Å². The van der Waals surface area contributed by atoms with Crippen LogP contribution >= 0.6 is 0 Å². The summed E-state index contributed by atoms with van der Waals surface area (Å²) < 4.78 is 10.5. The number of nitrogens with one attached hydrogen (secondary N) is 1. The fraction of sp³-hybridized carbons (Fsp3) is 0.500. The standard InChI is InChI=1S/C14H23N3O3/c1-17(2)8-10-20-9-7-16-14(18)11-5-4-6-12(19-3)13(11)15/h4-6H,7-10,15H2,1-3H3,(H,16,18). The number of carbonyl (C=O) groups is 1. The number of likely N-dealkylation sites (N-methyl/N-ethyl adjacent to an activating group) is 1. The topological polar surface area (TPSA) is 76.8 Å². The number of hydrogen-bond acceptors (Lipinski definition) is 5. The maximum absolute atomic E-state index is 12.0. The third kappa shape index (κ3) is 5.07. The van der Waals surface area contributed by atoms with Crippen LogP contribution in [0.1, 0.15) is 10.4 Å². The molecule has 1 aromatic carbocycles. The van der Waals surface area contributed by atoms with Crippen LogP contribution in [-0.2, 0) is 4.74 Å². The minimum Gasteiger partial charge on any atom is -0.495 e. The summed E-state index contributed by atoms with van der Waals surface area (Å²) in [6.45, 7) is 2.42. The first-order valence-corrected chi connectivity index (χ1v) is 6.49. The molecular weight excluding hydrogens is 258 g/mol. The third-order valence-corrected chi connectivity index (χ3v) is 2.75. The monoisotopic (exact) mass is 281 g/mol. The lowest BCUT2D eigenvalue weighted by Crippen LogP contribution is -2.29. The number of nitrogens with two attached hydrogens (primary N) is 1. The Balaban J connectivity index is 2.36. The summed E-state index contributed by atoms with van der Waals surface area (Å²) in [6, 6.07) is 5.12. The van der Waals surface area contributed by atoms with Crippen LogP contribution in [-0.4, -0.2) is 58.3 Å². The Labute approximate surface area is 119 Å². The van der Waals surface area contributed by atoms with Gasteiger partial charge in [-0.1, -0.05) is 6.07 Å². The number of benzene rings is 1. The molecule has 112 valence electrons. The van der Waals surface area contributed by atoms with E-state index in [1.807, 2.05) is 19.0 Å². The molecule has 0 heterocycles. The number of anilines is 1. The van der Waals surface area contributed by atoms with Crippen LogP contribution in [0.15, 0.2) is 18.2 Å². The van der Waals surface area contributed by atoms with Crippen molar-refractivity contribution >= 4 is 11.6 Å². The Morgan fingerprint density at radius 1 is 1.35 bits per heavy atom. The van der Waals surface area contributed by atoms with Crippen LogP contribution < -0.4 is 15.8 Å². The average Bonchev–Trinajstić information content (AvgIpc) is 2.42. The number of nitrogens with zero attached hydrogens (tertiary/aromatic N) is 1. The summed E-state index contributed by atoms with van der Waals surface area (Å²) >= 11 is 0. The van der Waals surface area contributed by atoms with Crippen molar-refractivity contribution in [2.75, 3.05) is 53.2 Å². The molecule has 3 N–H and O–H groups in total. The fourth-order valence-corrected chi connectivity index (χ4v) is 1.60. The lowest BCUT2D eigenvalue weighted by atomic mass is 10.1. The first-order valence-electron chi connectivity index (χ1n) is 6.49. The van der Waals surface area contributed by atoms with Gasteiger partial charge in [-0.25, -0.2) is 0 Å². The summed E-state index contributed by atoms with van der Waals surface area (Å²) in [7, 11) is 5.49. The van der Waals surface area contributed by atoms with E-state index in [9.17, 15) is 4.79 Å². The van der Waals surface area contributed by atoms with Crippen molar-refractivity contribution in [1.29, 1.82) is 0 Å². The van der Waals surface area contributed by atoms with Crippen molar-refractivity contribution in [3.8, 4) is 5.75 Å². The smallest absolute Gasteiger partial charge is 0.253 e. The molecule has 0 fully saturated rings. The van der Waals surface area contributed by atoms with Crippen LogP contribution in [0.5, 0.6) is 5.75 Å². The zero-order valence-corrected chi connectivity index (χ0v) is 12.3. The maximum atomic E-state index is 12.0. The van der Waals surface area contributed by atoms with Gasteiger partial charge in [0, 0.05) is 13.1 Å². The Morgan fingerprint density at radius 3 is 2.75 bits per heavy atom. The second kappa shape index (κ2) is 8.39. The molecule has 1 rings (SSSR count). The van der Waals surface area contributed by atoms with Crippen LogP contribution in [0.3, 0.4) is 0 Å². The summed E-state index contributed by atoms with van der Waals surface area (Å²) in [4.78, 5) is 14.0. The van der Waals surface area contributed by atoms with Gasteiger partial charge in [0.2, 0.25) is 0 Å². The zero-order chi connectivity index (χ0) is 15.0. The molecule has 1 aromatic rings. The molecule has 0 saturated heterocycles. The second-order valence-corrected chi connectivity index (χ2v) is 4.59. The minimum absolute atomic E-state index is 0.224. The number of methoxy groups -OCH3 is 1. The van der Waals surface area contributed by atoms with Crippen LogP contribution in [0.25, 0.3) is 0 Å². The number of nitrogen functional groups attached to an aromatic ring is 1. The van der Waals surface area contributed by atoms with Gasteiger partial charge in [-0.2, -0.15) is 0 Å². The lowest BCUT2D eigenvalue weighted by molar-refractivity contribution is 0.0901. The first kappa shape index (κ1) is 16.3. The predicted molar refractivity (Wildman–Crippen MR) is 79.1 cm³/mol. The van der Waals surface area contributed by atoms with Crippen LogP contribution in [0.4, 0.5) is 5.69 Å². The van der Waals surface area contributed by atoms with Crippen molar-refractivity contribution in [2.45, 2.75) is 0 Å². The number of amides is 1. The molecular formula is C14H23N3O3. The summed E-state index contributed by atoms with van der Waals surface area (Å²) in [5.74, 6) is 0.275. The quantitative estimate of drug-likeness (QED) is 0.538. The Morgan fingerprint density at radius 2 is 2.10 bits per heavy atom. The summed E-state index contributed by atoms with van der Waals surface area (Å²) in [6.07, 6.45) is 0. The Bertz CT molecular complexity index is 436. The molecule has 20 heavy (non-hydrogen) atoms. The van der Waals surface area contributed by atoms with Crippen LogP contribution in [0.2, 0.25) is 0 Å². The number of para-hydroxylation sites is 1. The van der Waals surface area contributed by atoms with Crippen LogP contribution in [0, 0.1) is 0 Å². The maximum Gasteiger partial charge on any atom is 0.253 e. The van der Waals surface area contributed by atoms with E-state index in [-0.39, 0.29) is 5.91 Å². The normalized spacial score (nSPS) is 10.6. The van der Waals surface area contributed by atoms with Gasteiger partial charge in [-0.05, 0) is 26.2 Å². The van der Waals surface area contributed by atoms with E-state index >= 15 is 0 Å². The average molecular weight is 281 g/mol. The Hall–Kier alpha value is -1.79. The summed E-state index contributed by atoms with van der Waals surface area (Å²) in [5, 5.41) is 2.77. The Kier molecular flexibility index (Phi) is 6.83. The van der Waals surface area contributed by atoms with Gasteiger partial charge < -0.3 is 25.4 Å². The molecule has 0 unspecified atom stereocenters. The van der Waals surface area contributed by atoms with E-state index in [2.05, 4.69) is 5.32 Å². The van der Waals surface area contributed by atoms with Crippen molar-refractivity contribution in [1.82, 2.24) is 10.2 Å². The van der Waals surface area contributed by atoms with Gasteiger partial charge >= 0.3 is 0 Å². The van der Waals surface area contributed by atoms with Crippen molar-refractivity contribution in [3.05, 3.63) is 23.8 Å². The van der Waals surface area contributed by atoms with Crippen molar-refractivity contribution in [2.24, 2.45) is 0 Å². The zero-order valence-electron chi connectivity index (χ0n) is 12.3. The van der Waals surface area contributed by atoms with Crippen molar-refractivity contribution in [3.63, 3.8) is 0 Å². The number of hydrogen-bond donors (Lipinski definition) is 2. The predicted octanol–water partition coefficient (Wildman–Crippen LogP) is 0.585. The highest BCUT2D eigenvalue weighted by molar-refractivity contribution is 6.00. The molecule has 1 amide bonds. The molecule has 0 aliphatic carbocycles. The van der Waals surface area contributed by atoms with Gasteiger partial charge in [0.1, 0.15) is 5.75 Å². The number of rotatable bonds is 8. The largest absolute Gasteiger partial charge is 0.495 e. The second-order valence-electron chi connectivity index (χ2n) is 4.59. The number of ether oxygens (including phenoxy) is 2. The van der Waals surface area contributed by atoms with E-state index in [1.165, 1.54) is 7.11 Å². The van der Waals surface area contributed by atoms with Gasteiger partial charge in [-0.3, -0.25) is 4.79 Å². The highest BCUT2D eigenvalue weighted by Gasteiger charge is 2.12. The highest BCUT2D eigenvalue weighted by atomic mass is 16.5. The molecule has 6 heteroatoms. The molecule has 0 spiro atoms. The van der Waals surface area contributed by atoms with Gasteiger partial charge in [0.15, 0.2) is 0 Å². The molecule has 0 saturated carbocycles. The number of carbonyl (C=O) groups excluding carboxylic acids is 1. The van der Waals surface area contributed by atoms with E-state index < -0.39 is 0 Å². The highest BCUT2D eigenvalue weighted by Crippen LogP contribution is 2.24. The molecule has 0 aliphatic heterocycles. The molecule has 0 aromatic heterocycles. The molecule has 0 atom stereocenters. The van der Waals surface area contributed by atoms with Gasteiger partial charge in [-0.15, -0.1) is 0 Å². The fourth-order valence-electron chi connectivity index (χ4n) is 1.60.